The molecule has 1 heterocycles. The molecule has 0 aliphatic rings. The van der Waals surface area contributed by atoms with Gasteiger partial charge >= 0.3 is 0 Å². The Hall–Kier alpha value is -1.62. The van der Waals surface area contributed by atoms with Gasteiger partial charge in [-0.25, -0.2) is 4.98 Å². The van der Waals surface area contributed by atoms with Crippen molar-refractivity contribution in [2.75, 3.05) is 7.05 Å². The second-order valence-electron chi connectivity index (χ2n) is 5.58. The molecule has 0 N–H and O–H groups in total. The number of fused-ring (bicyclic) bond motifs is 1. The van der Waals surface area contributed by atoms with Crippen molar-refractivity contribution in [1.29, 1.82) is 0 Å². The van der Waals surface area contributed by atoms with E-state index < -0.39 is 0 Å². The van der Waals surface area contributed by atoms with Crippen molar-refractivity contribution in [3.05, 3.63) is 63.1 Å². The van der Waals surface area contributed by atoms with Crippen LogP contribution in [-0.4, -0.2) is 22.8 Å². The smallest absolute Gasteiger partial charge is 0.227 e. The lowest BCUT2D eigenvalue weighted by Gasteiger charge is -2.23. The molecule has 124 valence electrons. The zero-order chi connectivity index (χ0) is 17.3. The lowest BCUT2D eigenvalue weighted by Crippen LogP contribution is -2.31. The monoisotopic (exact) mass is 378 g/mol. The number of hydrogen-bond acceptors (Lipinski definition) is 3. The van der Waals surface area contributed by atoms with Gasteiger partial charge < -0.3 is 4.90 Å². The molecule has 0 bridgehead atoms. The van der Waals surface area contributed by atoms with Crippen LogP contribution >= 0.6 is 34.5 Å². The molecule has 0 spiro atoms. The van der Waals surface area contributed by atoms with Gasteiger partial charge in [-0.3, -0.25) is 4.79 Å². The molecule has 1 amide bonds. The van der Waals surface area contributed by atoms with Gasteiger partial charge in [0.15, 0.2) is 0 Å². The van der Waals surface area contributed by atoms with Crippen molar-refractivity contribution in [1.82, 2.24) is 9.88 Å². The van der Waals surface area contributed by atoms with Crippen LogP contribution < -0.4 is 0 Å². The summed E-state index contributed by atoms with van der Waals surface area (Å²) in [4.78, 5) is 19.0. The second-order valence-corrected chi connectivity index (χ2v) is 7.45. The van der Waals surface area contributed by atoms with Crippen molar-refractivity contribution in [2.45, 2.75) is 19.4 Å². The molecule has 6 heteroatoms. The molecule has 0 saturated heterocycles. The fraction of sp³-hybridized carbons (Fsp3) is 0.222. The molecule has 3 aromatic rings. The van der Waals surface area contributed by atoms with Crippen molar-refractivity contribution in [3.63, 3.8) is 0 Å². The minimum Gasteiger partial charge on any atom is -0.336 e. The van der Waals surface area contributed by atoms with Crippen LogP contribution in [0, 0.1) is 0 Å². The molecule has 24 heavy (non-hydrogen) atoms. The Morgan fingerprint density at radius 1 is 1.17 bits per heavy atom. The molecule has 0 aliphatic heterocycles. The highest BCUT2D eigenvalue weighted by atomic mass is 35.5. The number of para-hydroxylation sites is 1. The highest BCUT2D eigenvalue weighted by Gasteiger charge is 2.22. The summed E-state index contributed by atoms with van der Waals surface area (Å²) in [5, 5.41) is 1.94. The Labute approximate surface area is 154 Å². The number of carbonyl (C=O) groups excluding carboxylic acids is 1. The number of benzene rings is 2. The summed E-state index contributed by atoms with van der Waals surface area (Å²) in [6.07, 6.45) is 0.171. The van der Waals surface area contributed by atoms with Crippen molar-refractivity contribution in [3.8, 4) is 0 Å². The third-order valence-electron chi connectivity index (χ3n) is 4.03. The summed E-state index contributed by atoms with van der Waals surface area (Å²) < 4.78 is 1.12. The Kier molecular flexibility index (Phi) is 5.09. The van der Waals surface area contributed by atoms with Crippen LogP contribution in [0.3, 0.4) is 0 Å². The molecular formula is C18H16Cl2N2OS. The summed E-state index contributed by atoms with van der Waals surface area (Å²) in [5.74, 6) is -0.0447. The fourth-order valence-electron chi connectivity index (χ4n) is 2.43. The van der Waals surface area contributed by atoms with Crippen LogP contribution in [0.15, 0.2) is 42.5 Å². The second kappa shape index (κ2) is 7.09. The Morgan fingerprint density at radius 3 is 2.50 bits per heavy atom. The van der Waals surface area contributed by atoms with Crippen LogP contribution in [-0.2, 0) is 11.2 Å². The van der Waals surface area contributed by atoms with E-state index in [1.54, 1.807) is 41.5 Å². The molecule has 0 radical (unpaired) electrons. The molecule has 2 aromatic carbocycles. The molecule has 0 saturated carbocycles. The molecular weight excluding hydrogens is 363 g/mol. The number of aromatic nitrogens is 1. The number of hydrogen-bond donors (Lipinski definition) is 0. The number of amides is 1. The predicted molar refractivity (Wildman–Crippen MR) is 101 cm³/mol. The van der Waals surface area contributed by atoms with Crippen molar-refractivity contribution < 1.29 is 4.79 Å². The van der Waals surface area contributed by atoms with Gasteiger partial charge in [-0.15, -0.1) is 11.3 Å². The van der Waals surface area contributed by atoms with Gasteiger partial charge in [-0.2, -0.15) is 0 Å². The average Bonchev–Trinajstić information content (AvgIpc) is 3.00. The molecule has 3 nitrogen and oxygen atoms in total. The van der Waals surface area contributed by atoms with Gasteiger partial charge in [-0.1, -0.05) is 41.4 Å². The van der Waals surface area contributed by atoms with Gasteiger partial charge in [0, 0.05) is 17.1 Å². The number of thiazole rings is 1. The zero-order valence-electron chi connectivity index (χ0n) is 13.3. The molecule has 0 fully saturated rings. The molecule has 3 rings (SSSR count). The number of nitrogens with zero attached hydrogens (tertiary/aromatic N) is 2. The topological polar surface area (TPSA) is 33.2 Å². The molecule has 1 aromatic heterocycles. The average molecular weight is 379 g/mol. The van der Waals surface area contributed by atoms with Crippen LogP contribution in [0.2, 0.25) is 10.0 Å². The molecule has 1 unspecified atom stereocenters. The predicted octanol–water partition coefficient (Wildman–Crippen LogP) is 5.37. The van der Waals surface area contributed by atoms with Gasteiger partial charge in [0.1, 0.15) is 5.01 Å². The van der Waals surface area contributed by atoms with E-state index in [9.17, 15) is 4.79 Å². The van der Waals surface area contributed by atoms with Crippen LogP contribution in [0.4, 0.5) is 0 Å². The first kappa shape index (κ1) is 17.2. The summed E-state index contributed by atoms with van der Waals surface area (Å²) in [7, 11) is 1.78. The first-order chi connectivity index (χ1) is 11.5. The Balaban J connectivity index is 1.79. The zero-order valence-corrected chi connectivity index (χ0v) is 15.6. The summed E-state index contributed by atoms with van der Waals surface area (Å²) in [5.41, 5.74) is 1.62. The van der Waals surface area contributed by atoms with Crippen molar-refractivity contribution in [2.24, 2.45) is 0 Å². The maximum atomic E-state index is 12.6. The lowest BCUT2D eigenvalue weighted by atomic mass is 10.1. The number of rotatable bonds is 4. The SMILES string of the molecule is CC(c1nc2ccccc2s1)N(C)C(=O)Cc1c(Cl)cccc1Cl. The van der Waals surface area contributed by atoms with E-state index in [0.29, 0.717) is 15.6 Å². The Bertz CT molecular complexity index is 840. The number of halogens is 2. The normalized spacial score (nSPS) is 12.3. The number of likely N-dealkylation sites (N-methyl/N-ethyl adjacent to an activating group) is 1. The third-order valence-corrected chi connectivity index (χ3v) is 5.95. The lowest BCUT2D eigenvalue weighted by molar-refractivity contribution is -0.131. The highest BCUT2D eigenvalue weighted by molar-refractivity contribution is 7.18. The maximum Gasteiger partial charge on any atom is 0.227 e. The van der Waals surface area contributed by atoms with Gasteiger partial charge in [-0.05, 0) is 36.8 Å². The largest absolute Gasteiger partial charge is 0.336 e. The minimum atomic E-state index is -0.115. The first-order valence-corrected chi connectivity index (χ1v) is 9.08. The third kappa shape index (κ3) is 3.41. The molecule has 1 atom stereocenters. The summed E-state index contributed by atoms with van der Waals surface area (Å²) in [6, 6.07) is 13.1. The van der Waals surface area contributed by atoms with E-state index in [1.807, 2.05) is 31.2 Å². The van der Waals surface area contributed by atoms with E-state index in [-0.39, 0.29) is 18.4 Å². The van der Waals surface area contributed by atoms with Crippen LogP contribution in [0.1, 0.15) is 23.5 Å². The van der Waals surface area contributed by atoms with Gasteiger partial charge in [0.25, 0.3) is 0 Å². The van der Waals surface area contributed by atoms with Gasteiger partial charge in [0.05, 0.1) is 22.7 Å². The first-order valence-electron chi connectivity index (χ1n) is 7.51. The molecule has 0 aliphatic carbocycles. The number of carbonyl (C=O) groups is 1. The quantitative estimate of drug-likeness (QED) is 0.611. The Morgan fingerprint density at radius 2 is 1.83 bits per heavy atom. The fourth-order valence-corrected chi connectivity index (χ4v) is 4.02. The van der Waals surface area contributed by atoms with Gasteiger partial charge in [0.2, 0.25) is 5.91 Å². The standard InChI is InChI=1S/C18H16Cl2N2OS/c1-11(18-21-15-8-3-4-9-16(15)24-18)22(2)17(23)10-12-13(19)6-5-7-14(12)20/h3-9,11H,10H2,1-2H3. The summed E-state index contributed by atoms with van der Waals surface area (Å²) in [6.45, 7) is 1.98. The van der Waals surface area contributed by atoms with Crippen LogP contribution in [0.5, 0.6) is 0 Å². The van der Waals surface area contributed by atoms with E-state index in [4.69, 9.17) is 23.2 Å². The van der Waals surface area contributed by atoms with E-state index in [2.05, 4.69) is 4.98 Å². The summed E-state index contributed by atoms with van der Waals surface area (Å²) >= 11 is 13.9. The van der Waals surface area contributed by atoms with Crippen molar-refractivity contribution >= 4 is 50.7 Å². The van der Waals surface area contributed by atoms with E-state index in [1.165, 1.54) is 0 Å². The van der Waals surface area contributed by atoms with E-state index >= 15 is 0 Å². The minimum absolute atomic E-state index is 0.0447. The van der Waals surface area contributed by atoms with E-state index in [0.717, 1.165) is 15.2 Å². The van der Waals surface area contributed by atoms with Crippen LogP contribution in [0.25, 0.3) is 10.2 Å². The highest BCUT2D eigenvalue weighted by Crippen LogP contribution is 2.30. The maximum absolute atomic E-state index is 12.6.